The van der Waals surface area contributed by atoms with Gasteiger partial charge in [0.25, 0.3) is 0 Å². The van der Waals surface area contributed by atoms with Gasteiger partial charge in [-0.05, 0) is 18.7 Å². The summed E-state index contributed by atoms with van der Waals surface area (Å²) in [6.45, 7) is 4.68. The number of anilines is 1. The minimum Gasteiger partial charge on any atom is -0.372 e. The summed E-state index contributed by atoms with van der Waals surface area (Å²) >= 11 is 0. The van der Waals surface area contributed by atoms with Gasteiger partial charge in [-0.15, -0.1) is 0 Å². The van der Waals surface area contributed by atoms with Crippen LogP contribution in [0.4, 0.5) is 5.69 Å². The van der Waals surface area contributed by atoms with Crippen LogP contribution in [0.5, 0.6) is 0 Å². The van der Waals surface area contributed by atoms with Gasteiger partial charge in [-0.2, -0.15) is 0 Å². The van der Waals surface area contributed by atoms with E-state index < -0.39 is 5.66 Å². The van der Waals surface area contributed by atoms with Crippen LogP contribution in [0.1, 0.15) is 18.1 Å². The number of fused-ring (bicyclic) bond motifs is 2. The summed E-state index contributed by atoms with van der Waals surface area (Å²) < 4.78 is 5.94. The highest BCUT2D eigenvalue weighted by Gasteiger charge is 2.52. The number of para-hydroxylation sites is 1. The van der Waals surface area contributed by atoms with E-state index in [9.17, 15) is 4.79 Å². The summed E-state index contributed by atoms with van der Waals surface area (Å²) in [7, 11) is 2.06. The minimum atomic E-state index is -0.468. The van der Waals surface area contributed by atoms with E-state index in [0.717, 1.165) is 23.4 Å². The first-order chi connectivity index (χ1) is 13.1. The van der Waals surface area contributed by atoms with Crippen molar-refractivity contribution in [3.63, 3.8) is 0 Å². The molecule has 27 heavy (non-hydrogen) atoms. The Kier molecular flexibility index (Phi) is 4.86. The second-order valence-corrected chi connectivity index (χ2v) is 7.28. The van der Waals surface area contributed by atoms with E-state index in [2.05, 4.69) is 46.4 Å². The largest absolute Gasteiger partial charge is 0.372 e. The fourth-order valence-electron chi connectivity index (χ4n) is 4.16. The fraction of sp³-hybridized carbons (Fsp3) is 0.381. The predicted molar refractivity (Wildman–Crippen MR) is 105 cm³/mol. The Labute approximate surface area is 160 Å². The van der Waals surface area contributed by atoms with Crippen molar-refractivity contribution < 1.29 is 9.53 Å². The molecule has 1 unspecified atom stereocenters. The van der Waals surface area contributed by atoms with Gasteiger partial charge in [0, 0.05) is 24.7 Å². The molecule has 4 rings (SSSR count). The average molecular weight is 366 g/mol. The molecule has 6 nitrogen and oxygen atoms in total. The van der Waals surface area contributed by atoms with Gasteiger partial charge < -0.3 is 15.0 Å². The van der Waals surface area contributed by atoms with Crippen LogP contribution in [0.3, 0.4) is 0 Å². The smallest absolute Gasteiger partial charge is 0.222 e. The molecular formula is C21H26N4O2. The highest BCUT2D eigenvalue weighted by molar-refractivity contribution is 5.76. The van der Waals surface area contributed by atoms with Crippen molar-refractivity contribution in [2.45, 2.75) is 19.2 Å². The Bertz CT molecular complexity index is 813. The molecule has 6 heteroatoms. The Morgan fingerprint density at radius 1 is 1.15 bits per heavy atom. The topological polar surface area (TPSA) is 48.1 Å². The van der Waals surface area contributed by atoms with E-state index >= 15 is 0 Å². The number of ether oxygens (including phenoxy) is 1. The third-order valence-corrected chi connectivity index (χ3v) is 5.49. The number of nitrogens with zero attached hydrogens (tertiary/aromatic N) is 3. The van der Waals surface area contributed by atoms with E-state index in [-0.39, 0.29) is 5.91 Å². The van der Waals surface area contributed by atoms with Gasteiger partial charge in [0.05, 0.1) is 19.9 Å². The SMILES string of the molecule is CC(=O)N1CN(COCc2ccccc2)CC12c1ccccc1NCN2C. The number of hydrogen-bond donors (Lipinski definition) is 1. The standard InChI is InChI=1S/C21H26N4O2/c1-17(26)25-15-24(16-27-12-18-8-4-3-5-9-18)13-21(25)19-10-6-7-11-20(19)22-14-23(21)2/h3-11,22H,12-16H2,1-2H3. The zero-order chi connectivity index (χ0) is 18.9. The van der Waals surface area contributed by atoms with E-state index in [4.69, 9.17) is 4.74 Å². The molecule has 2 aromatic carbocycles. The Morgan fingerprint density at radius 3 is 2.67 bits per heavy atom. The molecule has 0 aromatic heterocycles. The monoisotopic (exact) mass is 366 g/mol. The Balaban J connectivity index is 1.55. The van der Waals surface area contributed by atoms with Crippen LogP contribution in [0, 0.1) is 0 Å². The molecule has 0 radical (unpaired) electrons. The number of amides is 1. The number of likely N-dealkylation sites (N-methyl/N-ethyl adjacent to an activating group) is 1. The van der Waals surface area contributed by atoms with Crippen LogP contribution in [-0.4, -0.2) is 54.3 Å². The van der Waals surface area contributed by atoms with Crippen LogP contribution in [0.2, 0.25) is 0 Å². The zero-order valence-electron chi connectivity index (χ0n) is 15.9. The van der Waals surface area contributed by atoms with Crippen molar-refractivity contribution in [1.82, 2.24) is 14.7 Å². The molecule has 1 saturated heterocycles. The van der Waals surface area contributed by atoms with Crippen molar-refractivity contribution in [3.05, 3.63) is 65.7 Å². The summed E-state index contributed by atoms with van der Waals surface area (Å²) in [5, 5.41) is 3.44. The predicted octanol–water partition coefficient (Wildman–Crippen LogP) is 2.45. The van der Waals surface area contributed by atoms with Crippen molar-refractivity contribution >= 4 is 11.6 Å². The quantitative estimate of drug-likeness (QED) is 0.901. The second kappa shape index (κ2) is 7.31. The summed E-state index contributed by atoms with van der Waals surface area (Å²) in [6.07, 6.45) is 0. The van der Waals surface area contributed by atoms with Crippen LogP contribution in [-0.2, 0) is 21.8 Å². The maximum Gasteiger partial charge on any atom is 0.222 e. The summed E-state index contributed by atoms with van der Waals surface area (Å²) in [6, 6.07) is 18.4. The van der Waals surface area contributed by atoms with Gasteiger partial charge in [0.15, 0.2) is 0 Å². The highest BCUT2D eigenvalue weighted by Crippen LogP contribution is 2.43. The van der Waals surface area contributed by atoms with E-state index in [1.54, 1.807) is 6.92 Å². The van der Waals surface area contributed by atoms with Gasteiger partial charge in [-0.25, -0.2) is 0 Å². The Hall–Kier alpha value is -2.41. The number of carbonyl (C=O) groups excluding carboxylic acids is 1. The lowest BCUT2D eigenvalue weighted by Crippen LogP contribution is -2.60. The normalized spacial score (nSPS) is 22.7. The summed E-state index contributed by atoms with van der Waals surface area (Å²) in [5.74, 6) is 0.0733. The molecule has 2 aliphatic rings. The molecule has 1 spiro atoms. The average Bonchev–Trinajstić information content (AvgIpc) is 3.07. The molecule has 2 aromatic rings. The van der Waals surface area contributed by atoms with Crippen LogP contribution < -0.4 is 5.32 Å². The Morgan fingerprint density at radius 2 is 1.89 bits per heavy atom. The zero-order valence-corrected chi connectivity index (χ0v) is 15.9. The first kappa shape index (κ1) is 18.0. The van der Waals surface area contributed by atoms with Gasteiger partial charge in [0.2, 0.25) is 5.91 Å². The van der Waals surface area contributed by atoms with Gasteiger partial charge >= 0.3 is 0 Å². The maximum atomic E-state index is 12.5. The van der Waals surface area contributed by atoms with Crippen LogP contribution in [0.15, 0.2) is 54.6 Å². The van der Waals surface area contributed by atoms with E-state index in [0.29, 0.717) is 26.7 Å². The molecule has 1 fully saturated rings. The summed E-state index contributed by atoms with van der Waals surface area (Å²) in [4.78, 5) is 18.9. The van der Waals surface area contributed by atoms with Crippen molar-refractivity contribution in [2.24, 2.45) is 0 Å². The molecule has 2 aliphatic heterocycles. The first-order valence-corrected chi connectivity index (χ1v) is 9.28. The molecule has 0 bridgehead atoms. The second-order valence-electron chi connectivity index (χ2n) is 7.28. The van der Waals surface area contributed by atoms with Crippen LogP contribution >= 0.6 is 0 Å². The number of carbonyl (C=O) groups is 1. The fourth-order valence-corrected chi connectivity index (χ4v) is 4.16. The van der Waals surface area contributed by atoms with Crippen LogP contribution in [0.25, 0.3) is 0 Å². The third kappa shape index (κ3) is 3.20. The molecule has 1 amide bonds. The van der Waals surface area contributed by atoms with E-state index in [1.807, 2.05) is 35.2 Å². The summed E-state index contributed by atoms with van der Waals surface area (Å²) in [5.41, 5.74) is 2.91. The molecule has 1 N–H and O–H groups in total. The van der Waals surface area contributed by atoms with Crippen molar-refractivity contribution in [3.8, 4) is 0 Å². The lowest BCUT2D eigenvalue weighted by Gasteiger charge is -2.48. The molecule has 0 aliphatic carbocycles. The highest BCUT2D eigenvalue weighted by atomic mass is 16.5. The molecule has 2 heterocycles. The van der Waals surface area contributed by atoms with Crippen molar-refractivity contribution in [1.29, 1.82) is 0 Å². The minimum absolute atomic E-state index is 0.0733. The lowest BCUT2D eigenvalue weighted by molar-refractivity contribution is -0.140. The maximum absolute atomic E-state index is 12.5. The molecule has 142 valence electrons. The van der Waals surface area contributed by atoms with Gasteiger partial charge in [0.1, 0.15) is 12.4 Å². The number of benzene rings is 2. The molecule has 1 atom stereocenters. The van der Waals surface area contributed by atoms with E-state index in [1.165, 1.54) is 0 Å². The lowest BCUT2D eigenvalue weighted by atomic mass is 9.93. The van der Waals surface area contributed by atoms with Gasteiger partial charge in [-0.3, -0.25) is 14.6 Å². The van der Waals surface area contributed by atoms with Gasteiger partial charge in [-0.1, -0.05) is 48.5 Å². The molecule has 0 saturated carbocycles. The number of hydrogen-bond acceptors (Lipinski definition) is 5. The third-order valence-electron chi connectivity index (χ3n) is 5.49. The number of rotatable bonds is 4. The number of nitrogens with one attached hydrogen (secondary N) is 1. The molecular weight excluding hydrogens is 340 g/mol. The first-order valence-electron chi connectivity index (χ1n) is 9.28. The van der Waals surface area contributed by atoms with Crippen molar-refractivity contribution in [2.75, 3.05) is 39.0 Å².